The van der Waals surface area contributed by atoms with Crippen LogP contribution in [-0.2, 0) is 4.79 Å². The standard InChI is InChI=1S/C19H25F3N2O4/c1-27-15-10-13(18(26)23-8-7-12-5-3-4-6-12)9-14(17(15)28-2)24-16(25)11-19(20,21)22/h9-10,12H,3-8,11H2,1-2H3,(H,23,26)(H,24,25). The average molecular weight is 402 g/mol. The van der Waals surface area contributed by atoms with Crippen molar-refractivity contribution in [2.75, 3.05) is 26.1 Å². The quantitative estimate of drug-likeness (QED) is 0.691. The van der Waals surface area contributed by atoms with Crippen LogP contribution in [0.4, 0.5) is 18.9 Å². The van der Waals surface area contributed by atoms with Crippen LogP contribution in [0.5, 0.6) is 11.5 Å². The van der Waals surface area contributed by atoms with E-state index in [4.69, 9.17) is 9.47 Å². The fourth-order valence-electron chi connectivity index (χ4n) is 3.36. The highest BCUT2D eigenvalue weighted by Gasteiger charge is 2.32. The van der Waals surface area contributed by atoms with Gasteiger partial charge in [-0.05, 0) is 24.5 Å². The molecule has 0 aliphatic heterocycles. The lowest BCUT2D eigenvalue weighted by atomic mass is 10.0. The summed E-state index contributed by atoms with van der Waals surface area (Å²) in [7, 11) is 2.62. The minimum absolute atomic E-state index is 0.0422. The fraction of sp³-hybridized carbons (Fsp3) is 0.579. The number of rotatable bonds is 8. The normalized spacial score (nSPS) is 14.6. The number of hydrogen-bond donors (Lipinski definition) is 2. The maximum absolute atomic E-state index is 12.5. The molecule has 0 aromatic heterocycles. The Kier molecular flexibility index (Phi) is 7.53. The Hall–Kier alpha value is -2.45. The zero-order chi connectivity index (χ0) is 20.7. The van der Waals surface area contributed by atoms with Gasteiger partial charge in [-0.2, -0.15) is 13.2 Å². The van der Waals surface area contributed by atoms with Crippen molar-refractivity contribution in [2.45, 2.75) is 44.7 Å². The number of alkyl halides is 3. The number of ether oxygens (including phenoxy) is 2. The van der Waals surface area contributed by atoms with Crippen molar-refractivity contribution < 1.29 is 32.2 Å². The molecule has 1 aliphatic rings. The zero-order valence-corrected chi connectivity index (χ0v) is 15.9. The van der Waals surface area contributed by atoms with Crippen molar-refractivity contribution in [2.24, 2.45) is 5.92 Å². The van der Waals surface area contributed by atoms with E-state index < -0.39 is 24.4 Å². The van der Waals surface area contributed by atoms with Gasteiger partial charge in [0.1, 0.15) is 6.42 Å². The third-order valence-electron chi connectivity index (χ3n) is 4.69. The van der Waals surface area contributed by atoms with Crippen LogP contribution in [0, 0.1) is 5.92 Å². The molecule has 28 heavy (non-hydrogen) atoms. The molecular formula is C19H25F3N2O4. The summed E-state index contributed by atoms with van der Waals surface area (Å²) in [5, 5.41) is 4.95. The number of benzene rings is 1. The molecule has 1 aromatic carbocycles. The molecule has 156 valence electrons. The molecule has 0 saturated heterocycles. The minimum Gasteiger partial charge on any atom is -0.493 e. The summed E-state index contributed by atoms with van der Waals surface area (Å²) < 4.78 is 47.6. The molecule has 0 atom stereocenters. The summed E-state index contributed by atoms with van der Waals surface area (Å²) >= 11 is 0. The molecule has 2 rings (SSSR count). The fourth-order valence-corrected chi connectivity index (χ4v) is 3.36. The molecule has 9 heteroatoms. The predicted molar refractivity (Wildman–Crippen MR) is 97.8 cm³/mol. The number of amides is 2. The van der Waals surface area contributed by atoms with Gasteiger partial charge in [0, 0.05) is 12.1 Å². The number of halogens is 3. The van der Waals surface area contributed by atoms with Crippen molar-refractivity contribution in [1.82, 2.24) is 5.32 Å². The van der Waals surface area contributed by atoms with E-state index in [1.54, 1.807) is 0 Å². The first-order valence-corrected chi connectivity index (χ1v) is 9.14. The second-order valence-electron chi connectivity index (χ2n) is 6.79. The van der Waals surface area contributed by atoms with Gasteiger partial charge in [-0.25, -0.2) is 0 Å². The molecule has 2 N–H and O–H groups in total. The molecule has 1 aromatic rings. The summed E-state index contributed by atoms with van der Waals surface area (Å²) in [6.45, 7) is 0.508. The highest BCUT2D eigenvalue weighted by atomic mass is 19.4. The molecule has 2 amide bonds. The molecule has 1 aliphatic carbocycles. The lowest BCUT2D eigenvalue weighted by Crippen LogP contribution is -2.26. The Morgan fingerprint density at radius 3 is 2.39 bits per heavy atom. The number of carbonyl (C=O) groups excluding carboxylic acids is 2. The van der Waals surface area contributed by atoms with Crippen LogP contribution in [0.2, 0.25) is 0 Å². The first-order valence-electron chi connectivity index (χ1n) is 9.14. The van der Waals surface area contributed by atoms with Crippen molar-refractivity contribution in [3.8, 4) is 11.5 Å². The largest absolute Gasteiger partial charge is 0.493 e. The Bertz CT molecular complexity index is 701. The maximum Gasteiger partial charge on any atom is 0.397 e. The second kappa shape index (κ2) is 9.66. The molecular weight excluding hydrogens is 377 g/mol. The van der Waals surface area contributed by atoms with E-state index in [0.29, 0.717) is 12.5 Å². The van der Waals surface area contributed by atoms with E-state index in [2.05, 4.69) is 10.6 Å². The molecule has 1 fully saturated rings. The smallest absolute Gasteiger partial charge is 0.397 e. The van der Waals surface area contributed by atoms with Crippen molar-refractivity contribution in [3.05, 3.63) is 17.7 Å². The molecule has 1 saturated carbocycles. The van der Waals surface area contributed by atoms with Gasteiger partial charge in [-0.1, -0.05) is 25.7 Å². The van der Waals surface area contributed by atoms with Crippen LogP contribution < -0.4 is 20.1 Å². The van der Waals surface area contributed by atoms with Crippen LogP contribution in [0.25, 0.3) is 0 Å². The average Bonchev–Trinajstić information content (AvgIpc) is 3.12. The third-order valence-corrected chi connectivity index (χ3v) is 4.69. The van der Waals surface area contributed by atoms with Gasteiger partial charge in [0.05, 0.1) is 19.9 Å². The number of hydrogen-bond acceptors (Lipinski definition) is 4. The van der Waals surface area contributed by atoms with Crippen LogP contribution >= 0.6 is 0 Å². The van der Waals surface area contributed by atoms with Gasteiger partial charge in [-0.15, -0.1) is 0 Å². The molecule has 0 bridgehead atoms. The molecule has 6 nitrogen and oxygen atoms in total. The summed E-state index contributed by atoms with van der Waals surface area (Å²) in [5.41, 5.74) is 0.100. The highest BCUT2D eigenvalue weighted by molar-refractivity contribution is 5.99. The van der Waals surface area contributed by atoms with E-state index in [9.17, 15) is 22.8 Å². The Morgan fingerprint density at radius 2 is 1.82 bits per heavy atom. The number of anilines is 1. The van der Waals surface area contributed by atoms with Gasteiger partial charge in [0.15, 0.2) is 11.5 Å². The SMILES string of the molecule is COc1cc(C(=O)NCCC2CCCC2)cc(NC(=O)CC(F)(F)F)c1OC. The van der Waals surface area contributed by atoms with Crippen LogP contribution in [0.3, 0.4) is 0 Å². The highest BCUT2D eigenvalue weighted by Crippen LogP contribution is 2.37. The van der Waals surface area contributed by atoms with Crippen molar-refractivity contribution in [1.29, 1.82) is 0 Å². The van der Waals surface area contributed by atoms with Gasteiger partial charge >= 0.3 is 6.18 Å². The lowest BCUT2D eigenvalue weighted by molar-refractivity contribution is -0.150. The van der Waals surface area contributed by atoms with Gasteiger partial charge in [0.25, 0.3) is 5.91 Å². The monoisotopic (exact) mass is 402 g/mol. The van der Waals surface area contributed by atoms with E-state index in [0.717, 1.165) is 6.42 Å². The lowest BCUT2D eigenvalue weighted by Gasteiger charge is -2.16. The summed E-state index contributed by atoms with van der Waals surface area (Å²) in [4.78, 5) is 24.1. The van der Waals surface area contributed by atoms with Gasteiger partial charge in [-0.3, -0.25) is 9.59 Å². The number of nitrogens with one attached hydrogen (secondary N) is 2. The number of carbonyl (C=O) groups is 2. The van der Waals surface area contributed by atoms with Crippen LogP contribution in [0.1, 0.15) is 48.9 Å². The Labute approximate surface area is 161 Å². The number of methoxy groups -OCH3 is 2. The minimum atomic E-state index is -4.64. The molecule has 0 unspecified atom stereocenters. The molecule has 0 spiro atoms. The first kappa shape index (κ1) is 21.8. The van der Waals surface area contributed by atoms with E-state index >= 15 is 0 Å². The Morgan fingerprint density at radius 1 is 1.14 bits per heavy atom. The van der Waals surface area contributed by atoms with E-state index in [-0.39, 0.29) is 22.7 Å². The van der Waals surface area contributed by atoms with Crippen LogP contribution in [0.15, 0.2) is 12.1 Å². The van der Waals surface area contributed by atoms with Crippen LogP contribution in [-0.4, -0.2) is 38.8 Å². The topological polar surface area (TPSA) is 76.7 Å². The zero-order valence-electron chi connectivity index (χ0n) is 15.9. The third kappa shape index (κ3) is 6.31. The van der Waals surface area contributed by atoms with Crippen molar-refractivity contribution >= 4 is 17.5 Å². The summed E-state index contributed by atoms with van der Waals surface area (Å²) in [6.07, 6.45) is -0.630. The summed E-state index contributed by atoms with van der Waals surface area (Å²) in [5.74, 6) is -0.867. The maximum atomic E-state index is 12.5. The first-order chi connectivity index (χ1) is 13.2. The predicted octanol–water partition coefficient (Wildman–Crippen LogP) is 3.90. The van der Waals surface area contributed by atoms with E-state index in [1.807, 2.05) is 0 Å². The molecule has 0 heterocycles. The van der Waals surface area contributed by atoms with Gasteiger partial charge < -0.3 is 20.1 Å². The molecule has 0 radical (unpaired) electrons. The van der Waals surface area contributed by atoms with Gasteiger partial charge in [0.2, 0.25) is 5.91 Å². The second-order valence-corrected chi connectivity index (χ2v) is 6.79. The van der Waals surface area contributed by atoms with E-state index in [1.165, 1.54) is 52.0 Å². The Balaban J connectivity index is 2.12. The summed E-state index contributed by atoms with van der Waals surface area (Å²) in [6, 6.07) is 2.70. The van der Waals surface area contributed by atoms with Crippen molar-refractivity contribution in [3.63, 3.8) is 0 Å².